The lowest BCUT2D eigenvalue weighted by atomic mass is 10.1. The molecule has 1 atom stereocenters. The van der Waals surface area contributed by atoms with Gasteiger partial charge in [0.1, 0.15) is 11.9 Å². The highest BCUT2D eigenvalue weighted by Gasteiger charge is 2.23. The Morgan fingerprint density at radius 3 is 2.89 bits per heavy atom. The first kappa shape index (κ1) is 19.4. The number of fused-ring (bicyclic) bond motifs is 1. The molecule has 0 spiro atoms. The van der Waals surface area contributed by atoms with Gasteiger partial charge in [0.15, 0.2) is 0 Å². The Morgan fingerprint density at radius 1 is 1.33 bits per heavy atom. The van der Waals surface area contributed by atoms with Crippen molar-refractivity contribution < 1.29 is 14.6 Å². The van der Waals surface area contributed by atoms with Crippen LogP contribution in [0.1, 0.15) is 36.4 Å². The lowest BCUT2D eigenvalue weighted by Crippen LogP contribution is -2.33. The van der Waals surface area contributed by atoms with Gasteiger partial charge in [0.25, 0.3) is 0 Å². The summed E-state index contributed by atoms with van der Waals surface area (Å²) in [7, 11) is 3.37. The van der Waals surface area contributed by atoms with E-state index in [0.29, 0.717) is 12.3 Å². The second-order valence-corrected chi connectivity index (χ2v) is 7.08. The third-order valence-corrected chi connectivity index (χ3v) is 4.72. The van der Waals surface area contributed by atoms with Gasteiger partial charge in [0, 0.05) is 33.7 Å². The third-order valence-electron chi connectivity index (χ3n) is 4.72. The molecule has 146 valence electrons. The van der Waals surface area contributed by atoms with Crippen molar-refractivity contribution in [2.75, 3.05) is 27.2 Å². The molecule has 2 aromatic rings. The van der Waals surface area contributed by atoms with E-state index in [-0.39, 0.29) is 12.3 Å². The fourth-order valence-electron chi connectivity index (χ4n) is 3.25. The Kier molecular flexibility index (Phi) is 6.13. The van der Waals surface area contributed by atoms with E-state index in [1.807, 2.05) is 29.8 Å². The number of aliphatic hydroxyl groups is 1. The number of aromatic nitrogens is 2. The Balaban J connectivity index is 1.64. The van der Waals surface area contributed by atoms with Crippen LogP contribution in [0, 0.1) is 0 Å². The first-order chi connectivity index (χ1) is 13.0. The number of hydrogen-bond donors (Lipinski definition) is 1. The Morgan fingerprint density at radius 2 is 2.15 bits per heavy atom. The molecular weight excluding hydrogens is 344 g/mol. The molecular formula is C20H28N4O3. The zero-order valence-electron chi connectivity index (χ0n) is 16.3. The zero-order chi connectivity index (χ0) is 19.4. The average molecular weight is 372 g/mol. The molecule has 1 aromatic heterocycles. The maximum atomic E-state index is 11.8. The number of aliphatic hydroxyl groups excluding tert-OH is 1. The van der Waals surface area contributed by atoms with Crippen molar-refractivity contribution in [3.05, 3.63) is 47.3 Å². The summed E-state index contributed by atoms with van der Waals surface area (Å²) >= 11 is 0. The summed E-state index contributed by atoms with van der Waals surface area (Å²) in [6.07, 6.45) is -0.813. The fourth-order valence-corrected chi connectivity index (χ4v) is 3.25. The van der Waals surface area contributed by atoms with Gasteiger partial charge in [-0.25, -0.2) is 0 Å². The molecule has 2 heterocycles. The van der Waals surface area contributed by atoms with E-state index >= 15 is 0 Å². The van der Waals surface area contributed by atoms with E-state index in [0.717, 1.165) is 37.6 Å². The molecule has 1 amide bonds. The summed E-state index contributed by atoms with van der Waals surface area (Å²) in [4.78, 5) is 15.6. The number of carbonyl (C=O) groups is 1. The van der Waals surface area contributed by atoms with Crippen molar-refractivity contribution in [3.63, 3.8) is 0 Å². The summed E-state index contributed by atoms with van der Waals surface area (Å²) in [5, 5.41) is 14.8. The van der Waals surface area contributed by atoms with Crippen molar-refractivity contribution in [1.82, 2.24) is 19.6 Å². The molecule has 27 heavy (non-hydrogen) atoms. The predicted octanol–water partition coefficient (Wildman–Crippen LogP) is 1.81. The lowest BCUT2D eigenvalue weighted by molar-refractivity contribution is -0.130. The van der Waals surface area contributed by atoms with Gasteiger partial charge in [-0.3, -0.25) is 14.4 Å². The largest absolute Gasteiger partial charge is 0.494 e. The summed E-state index contributed by atoms with van der Waals surface area (Å²) in [6.45, 7) is 5.90. The number of nitrogens with zero attached hydrogens (tertiary/aromatic N) is 4. The second-order valence-electron chi connectivity index (χ2n) is 7.08. The normalized spacial score (nSPS) is 15.3. The summed E-state index contributed by atoms with van der Waals surface area (Å²) in [6, 6.07) is 10.1. The molecule has 7 heteroatoms. The highest BCUT2D eigenvalue weighted by molar-refractivity contribution is 5.76. The predicted molar refractivity (Wildman–Crippen MR) is 102 cm³/mol. The van der Waals surface area contributed by atoms with E-state index < -0.39 is 6.10 Å². The Bertz CT molecular complexity index is 787. The molecule has 1 aliphatic rings. The van der Waals surface area contributed by atoms with Gasteiger partial charge in [0.05, 0.1) is 31.0 Å². The molecule has 7 nitrogen and oxygen atoms in total. The van der Waals surface area contributed by atoms with Gasteiger partial charge in [-0.1, -0.05) is 12.1 Å². The van der Waals surface area contributed by atoms with Crippen molar-refractivity contribution in [2.45, 2.75) is 39.1 Å². The first-order valence-corrected chi connectivity index (χ1v) is 9.35. The summed E-state index contributed by atoms with van der Waals surface area (Å²) < 4.78 is 7.51. The smallest absolute Gasteiger partial charge is 0.225 e. The van der Waals surface area contributed by atoms with E-state index in [4.69, 9.17) is 4.74 Å². The zero-order valence-corrected chi connectivity index (χ0v) is 16.3. The molecule has 1 aliphatic heterocycles. The minimum Gasteiger partial charge on any atom is -0.494 e. The number of hydrogen-bond acceptors (Lipinski definition) is 5. The summed E-state index contributed by atoms with van der Waals surface area (Å²) in [5.41, 5.74) is 2.85. The van der Waals surface area contributed by atoms with Crippen LogP contribution in [0.5, 0.6) is 5.75 Å². The van der Waals surface area contributed by atoms with E-state index in [1.54, 1.807) is 14.1 Å². The van der Waals surface area contributed by atoms with Crippen LogP contribution in [0.3, 0.4) is 0 Å². The van der Waals surface area contributed by atoms with E-state index in [1.165, 1.54) is 10.5 Å². The Hall–Kier alpha value is -2.38. The van der Waals surface area contributed by atoms with Crippen LogP contribution >= 0.6 is 0 Å². The maximum Gasteiger partial charge on any atom is 0.225 e. The minimum atomic E-state index is -0.866. The molecule has 0 fully saturated rings. The van der Waals surface area contributed by atoms with E-state index in [9.17, 15) is 9.90 Å². The van der Waals surface area contributed by atoms with Gasteiger partial charge in [-0.15, -0.1) is 0 Å². The fraction of sp³-hybridized carbons (Fsp3) is 0.500. The minimum absolute atomic E-state index is 0.0530. The molecule has 3 rings (SSSR count). The first-order valence-electron chi connectivity index (χ1n) is 9.35. The lowest BCUT2D eigenvalue weighted by Gasteiger charge is -2.27. The van der Waals surface area contributed by atoms with Crippen LogP contribution < -0.4 is 4.74 Å². The standard InChI is InChI=1S/C20H28N4O3/c1-4-27-17-7-5-6-15(10-17)13-23-8-9-24-16(14-23)11-18(21-24)19(25)12-20(26)22(2)3/h5-7,10-11,19,25H,4,8-9,12-14H2,1-3H3. The molecule has 1 aromatic carbocycles. The molecule has 0 radical (unpaired) electrons. The van der Waals surface area contributed by atoms with Crippen LogP contribution in [0.2, 0.25) is 0 Å². The second kappa shape index (κ2) is 8.54. The van der Waals surface area contributed by atoms with Crippen molar-refractivity contribution >= 4 is 5.91 Å². The molecule has 0 saturated heterocycles. The highest BCUT2D eigenvalue weighted by atomic mass is 16.5. The topological polar surface area (TPSA) is 70.8 Å². The number of rotatable bonds is 7. The molecule has 0 saturated carbocycles. The number of ether oxygens (including phenoxy) is 1. The molecule has 1 unspecified atom stereocenters. The van der Waals surface area contributed by atoms with Crippen molar-refractivity contribution in [2.24, 2.45) is 0 Å². The quantitative estimate of drug-likeness (QED) is 0.803. The maximum absolute atomic E-state index is 11.8. The average Bonchev–Trinajstić information content (AvgIpc) is 3.05. The van der Waals surface area contributed by atoms with Crippen LogP contribution in [-0.4, -0.2) is 57.8 Å². The molecule has 1 N–H and O–H groups in total. The summed E-state index contributed by atoms with van der Waals surface area (Å²) in [5.74, 6) is 0.789. The Labute approximate surface area is 160 Å². The van der Waals surface area contributed by atoms with Crippen LogP contribution in [-0.2, 0) is 24.4 Å². The van der Waals surface area contributed by atoms with Crippen molar-refractivity contribution in [1.29, 1.82) is 0 Å². The van der Waals surface area contributed by atoms with Crippen molar-refractivity contribution in [3.8, 4) is 5.75 Å². The third kappa shape index (κ3) is 4.87. The van der Waals surface area contributed by atoms with Gasteiger partial charge < -0.3 is 14.7 Å². The van der Waals surface area contributed by atoms with E-state index in [2.05, 4.69) is 22.1 Å². The SMILES string of the molecule is CCOc1cccc(CN2CCn3nc(C(O)CC(=O)N(C)C)cc3C2)c1. The number of amides is 1. The molecule has 0 bridgehead atoms. The monoisotopic (exact) mass is 372 g/mol. The number of carbonyl (C=O) groups excluding carboxylic acids is 1. The van der Waals surface area contributed by atoms with Crippen LogP contribution in [0.4, 0.5) is 0 Å². The number of benzene rings is 1. The van der Waals surface area contributed by atoms with Gasteiger partial charge in [-0.2, -0.15) is 5.10 Å². The van der Waals surface area contributed by atoms with Gasteiger partial charge in [-0.05, 0) is 30.7 Å². The van der Waals surface area contributed by atoms with Crippen LogP contribution in [0.15, 0.2) is 30.3 Å². The molecule has 0 aliphatic carbocycles. The van der Waals surface area contributed by atoms with Gasteiger partial charge in [0.2, 0.25) is 5.91 Å². The van der Waals surface area contributed by atoms with Crippen LogP contribution in [0.25, 0.3) is 0 Å². The van der Waals surface area contributed by atoms with Gasteiger partial charge >= 0.3 is 0 Å². The highest BCUT2D eigenvalue weighted by Crippen LogP contribution is 2.22.